The summed E-state index contributed by atoms with van der Waals surface area (Å²) in [6.07, 6.45) is 0.382. The fourth-order valence-electron chi connectivity index (χ4n) is 4.18. The molecule has 190 valence electrons. The number of nitrogens with zero attached hydrogens (tertiary/aromatic N) is 2. The second-order valence-electron chi connectivity index (χ2n) is 8.66. The number of sulfonamides is 1. The SMILES string of the molecule is CC[C@@H](C(=O)NC)N(Cc1ccccc1)C(=O)CN(c1ccc(C)cc1C)S(=O)(=O)c1ccccc1. The van der Waals surface area contributed by atoms with Gasteiger partial charge in [0, 0.05) is 13.6 Å². The van der Waals surface area contributed by atoms with E-state index in [2.05, 4.69) is 5.32 Å². The third-order valence-corrected chi connectivity index (χ3v) is 7.83. The quantitative estimate of drug-likeness (QED) is 0.449. The summed E-state index contributed by atoms with van der Waals surface area (Å²) in [5.74, 6) is -0.764. The third-order valence-electron chi connectivity index (χ3n) is 6.06. The van der Waals surface area contributed by atoms with E-state index in [1.54, 1.807) is 24.3 Å². The van der Waals surface area contributed by atoms with Gasteiger partial charge < -0.3 is 10.2 Å². The first-order valence-electron chi connectivity index (χ1n) is 11.9. The maximum absolute atomic E-state index is 13.8. The lowest BCUT2D eigenvalue weighted by atomic mass is 10.1. The van der Waals surface area contributed by atoms with Gasteiger partial charge in [-0.2, -0.15) is 0 Å². The van der Waals surface area contributed by atoms with Crippen molar-refractivity contribution in [1.29, 1.82) is 0 Å². The maximum Gasteiger partial charge on any atom is 0.264 e. The Balaban J connectivity index is 2.07. The minimum Gasteiger partial charge on any atom is -0.357 e. The Hall–Kier alpha value is -3.65. The molecule has 2 amide bonds. The summed E-state index contributed by atoms with van der Waals surface area (Å²) >= 11 is 0. The van der Waals surface area contributed by atoms with Gasteiger partial charge in [0.15, 0.2) is 0 Å². The highest BCUT2D eigenvalue weighted by Crippen LogP contribution is 2.28. The molecule has 0 fully saturated rings. The first-order chi connectivity index (χ1) is 17.2. The van der Waals surface area contributed by atoms with Crippen LogP contribution in [0.1, 0.15) is 30.0 Å². The van der Waals surface area contributed by atoms with Crippen molar-refractivity contribution < 1.29 is 18.0 Å². The summed E-state index contributed by atoms with van der Waals surface area (Å²) in [5, 5.41) is 2.63. The number of aryl methyl sites for hydroxylation is 2. The molecule has 7 nitrogen and oxygen atoms in total. The van der Waals surface area contributed by atoms with Crippen LogP contribution in [-0.4, -0.2) is 44.8 Å². The zero-order valence-electron chi connectivity index (χ0n) is 21.1. The fourth-order valence-corrected chi connectivity index (χ4v) is 5.68. The predicted octanol–water partition coefficient (Wildman–Crippen LogP) is 4.05. The highest BCUT2D eigenvalue weighted by atomic mass is 32.2. The van der Waals surface area contributed by atoms with Gasteiger partial charge in [-0.05, 0) is 49.6 Å². The molecule has 8 heteroatoms. The second-order valence-corrected chi connectivity index (χ2v) is 10.5. The number of hydrogen-bond donors (Lipinski definition) is 1. The molecule has 3 aromatic carbocycles. The number of rotatable bonds is 10. The third kappa shape index (κ3) is 6.12. The van der Waals surface area contributed by atoms with Crippen LogP contribution in [0.3, 0.4) is 0 Å². The normalized spacial score (nSPS) is 12.0. The van der Waals surface area contributed by atoms with E-state index >= 15 is 0 Å². The van der Waals surface area contributed by atoms with Crippen molar-refractivity contribution in [2.24, 2.45) is 0 Å². The molecule has 36 heavy (non-hydrogen) atoms. The molecule has 3 rings (SSSR count). The van der Waals surface area contributed by atoms with Crippen LogP contribution in [0.5, 0.6) is 0 Å². The molecule has 0 bridgehead atoms. The van der Waals surface area contributed by atoms with Crippen molar-refractivity contribution >= 4 is 27.5 Å². The van der Waals surface area contributed by atoms with E-state index in [4.69, 9.17) is 0 Å². The minimum absolute atomic E-state index is 0.0886. The summed E-state index contributed by atoms with van der Waals surface area (Å²) in [6.45, 7) is 5.31. The summed E-state index contributed by atoms with van der Waals surface area (Å²) in [5.41, 5.74) is 2.98. The largest absolute Gasteiger partial charge is 0.357 e. The van der Waals surface area contributed by atoms with Crippen molar-refractivity contribution in [3.05, 3.63) is 95.6 Å². The average molecular weight is 508 g/mol. The van der Waals surface area contributed by atoms with Gasteiger partial charge in [0.2, 0.25) is 11.8 Å². The molecule has 0 aromatic heterocycles. The summed E-state index contributed by atoms with van der Waals surface area (Å²) in [6, 6.07) is 22.1. The van der Waals surface area contributed by atoms with Gasteiger partial charge >= 0.3 is 0 Å². The second kappa shape index (κ2) is 11.9. The molecular weight excluding hydrogens is 474 g/mol. The van der Waals surface area contributed by atoms with Crippen LogP contribution in [0.4, 0.5) is 5.69 Å². The maximum atomic E-state index is 13.8. The van der Waals surface area contributed by atoms with Crippen LogP contribution in [0.15, 0.2) is 83.8 Å². The Morgan fingerprint density at radius 2 is 1.53 bits per heavy atom. The number of hydrogen-bond acceptors (Lipinski definition) is 4. The van der Waals surface area contributed by atoms with Crippen LogP contribution in [0.25, 0.3) is 0 Å². The van der Waals surface area contributed by atoms with E-state index in [0.717, 1.165) is 21.0 Å². The first-order valence-corrected chi connectivity index (χ1v) is 13.3. The van der Waals surface area contributed by atoms with Crippen molar-refractivity contribution in [3.63, 3.8) is 0 Å². The van der Waals surface area contributed by atoms with Crippen LogP contribution < -0.4 is 9.62 Å². The molecular formula is C28H33N3O4S. The summed E-state index contributed by atoms with van der Waals surface area (Å²) in [4.78, 5) is 28.1. The van der Waals surface area contributed by atoms with Gasteiger partial charge in [-0.3, -0.25) is 13.9 Å². The predicted molar refractivity (Wildman–Crippen MR) is 142 cm³/mol. The highest BCUT2D eigenvalue weighted by molar-refractivity contribution is 7.92. The van der Waals surface area contributed by atoms with E-state index in [-0.39, 0.29) is 17.3 Å². The van der Waals surface area contributed by atoms with Gasteiger partial charge in [-0.15, -0.1) is 0 Å². The van der Waals surface area contributed by atoms with Crippen LogP contribution >= 0.6 is 0 Å². The standard InChI is InChI=1S/C28H33N3O4S/c1-5-25(28(33)29-4)30(19-23-12-8-6-9-13-23)27(32)20-31(26-17-16-21(2)18-22(26)3)36(34,35)24-14-10-7-11-15-24/h6-18,25H,5,19-20H2,1-4H3,(H,29,33)/t25-/m0/s1. The molecule has 0 radical (unpaired) electrons. The number of likely N-dealkylation sites (N-methyl/N-ethyl adjacent to an activating group) is 1. The average Bonchev–Trinajstić information content (AvgIpc) is 2.88. The molecule has 0 aliphatic rings. The van der Waals surface area contributed by atoms with Crippen LogP contribution in [-0.2, 0) is 26.2 Å². The lowest BCUT2D eigenvalue weighted by molar-refractivity contribution is -0.140. The van der Waals surface area contributed by atoms with Gasteiger partial charge in [-0.1, -0.05) is 73.2 Å². The lowest BCUT2D eigenvalue weighted by Gasteiger charge is -2.33. The number of anilines is 1. The van der Waals surface area contributed by atoms with E-state index in [9.17, 15) is 18.0 Å². The Labute approximate surface area is 213 Å². The van der Waals surface area contributed by atoms with Crippen molar-refractivity contribution in [2.75, 3.05) is 17.9 Å². The molecule has 0 saturated carbocycles. The highest BCUT2D eigenvalue weighted by Gasteiger charge is 2.33. The number of carbonyl (C=O) groups is 2. The van der Waals surface area contributed by atoms with E-state index < -0.39 is 28.5 Å². The molecule has 0 spiro atoms. The molecule has 0 saturated heterocycles. The Morgan fingerprint density at radius 3 is 2.08 bits per heavy atom. The van der Waals surface area contributed by atoms with Crippen LogP contribution in [0, 0.1) is 13.8 Å². The Kier molecular flexibility index (Phi) is 8.88. The number of carbonyl (C=O) groups excluding carboxylic acids is 2. The van der Waals surface area contributed by atoms with Gasteiger partial charge in [0.05, 0.1) is 10.6 Å². The topological polar surface area (TPSA) is 86.8 Å². The van der Waals surface area contributed by atoms with Crippen molar-refractivity contribution in [2.45, 2.75) is 44.7 Å². The molecule has 1 atom stereocenters. The number of nitrogens with one attached hydrogen (secondary N) is 1. The number of amides is 2. The van der Waals surface area contributed by atoms with Gasteiger partial charge in [-0.25, -0.2) is 8.42 Å². The molecule has 0 unspecified atom stereocenters. The van der Waals surface area contributed by atoms with E-state index in [1.807, 2.05) is 63.2 Å². The van der Waals surface area contributed by atoms with Gasteiger partial charge in [0.1, 0.15) is 12.6 Å². The molecule has 3 aromatic rings. The minimum atomic E-state index is -4.06. The molecule has 0 aliphatic heterocycles. The molecule has 0 heterocycles. The van der Waals surface area contributed by atoms with Crippen molar-refractivity contribution in [3.8, 4) is 0 Å². The number of benzene rings is 3. The smallest absolute Gasteiger partial charge is 0.264 e. The van der Waals surface area contributed by atoms with Crippen molar-refractivity contribution in [1.82, 2.24) is 10.2 Å². The lowest BCUT2D eigenvalue weighted by Crippen LogP contribution is -2.51. The Bertz CT molecular complexity index is 1290. The van der Waals surface area contributed by atoms with E-state index in [0.29, 0.717) is 12.1 Å². The summed E-state index contributed by atoms with van der Waals surface area (Å²) < 4.78 is 28.7. The van der Waals surface area contributed by atoms with Gasteiger partial charge in [0.25, 0.3) is 10.0 Å². The first kappa shape index (κ1) is 26.9. The molecule has 1 N–H and O–H groups in total. The monoisotopic (exact) mass is 507 g/mol. The van der Waals surface area contributed by atoms with E-state index in [1.165, 1.54) is 24.1 Å². The zero-order valence-corrected chi connectivity index (χ0v) is 22.0. The fraction of sp³-hybridized carbons (Fsp3) is 0.286. The zero-order chi connectivity index (χ0) is 26.3. The Morgan fingerprint density at radius 1 is 0.917 bits per heavy atom. The summed E-state index contributed by atoms with van der Waals surface area (Å²) in [7, 11) is -2.54. The molecule has 0 aliphatic carbocycles. The van der Waals surface area contributed by atoms with Crippen LogP contribution in [0.2, 0.25) is 0 Å².